The van der Waals surface area contributed by atoms with Crippen LogP contribution in [0.1, 0.15) is 44.5 Å². The summed E-state index contributed by atoms with van der Waals surface area (Å²) in [6, 6.07) is 5.84. The van der Waals surface area contributed by atoms with E-state index in [9.17, 15) is 9.59 Å². The van der Waals surface area contributed by atoms with Crippen molar-refractivity contribution in [3.8, 4) is 0 Å². The Balaban J connectivity index is 1.94. The molecule has 1 aliphatic rings. The average molecular weight is 398 g/mol. The highest BCUT2D eigenvalue weighted by Crippen LogP contribution is 2.31. The van der Waals surface area contributed by atoms with Crippen LogP contribution in [0.5, 0.6) is 0 Å². The van der Waals surface area contributed by atoms with Gasteiger partial charge in [0.2, 0.25) is 11.8 Å². The van der Waals surface area contributed by atoms with E-state index in [0.717, 1.165) is 16.8 Å². The molecule has 0 spiro atoms. The van der Waals surface area contributed by atoms with Gasteiger partial charge in [0, 0.05) is 17.7 Å². The zero-order chi connectivity index (χ0) is 20.6. The molecule has 146 valence electrons. The number of carbonyl (C=O) groups is 2. The number of nitrogens with zero attached hydrogens (tertiary/aromatic N) is 3. The van der Waals surface area contributed by atoms with Gasteiger partial charge in [-0.3, -0.25) is 9.69 Å². The standard InChI is InChI=1S/C21H23N3O3S/c1-12-7-8-16(9-13(12)2)24(14(3)25)20-22-15(11-28-20)10-17-18(26)27-19(23-17)21(4,5)6/h7-11H,1-6H3/b17-10-. The van der Waals surface area contributed by atoms with Gasteiger partial charge in [0.05, 0.1) is 11.4 Å². The van der Waals surface area contributed by atoms with Gasteiger partial charge < -0.3 is 4.74 Å². The number of rotatable bonds is 3. The number of aryl methyl sites for hydroxylation is 2. The summed E-state index contributed by atoms with van der Waals surface area (Å²) in [5.74, 6) is -0.234. The van der Waals surface area contributed by atoms with E-state index in [1.54, 1.807) is 16.4 Å². The Morgan fingerprint density at radius 3 is 2.50 bits per heavy atom. The highest BCUT2D eigenvalue weighted by Gasteiger charge is 2.31. The van der Waals surface area contributed by atoms with Gasteiger partial charge in [0.15, 0.2) is 10.8 Å². The maximum Gasteiger partial charge on any atom is 0.363 e. The van der Waals surface area contributed by atoms with E-state index in [2.05, 4.69) is 9.98 Å². The monoisotopic (exact) mass is 397 g/mol. The second-order valence-corrected chi connectivity index (χ2v) is 8.60. The van der Waals surface area contributed by atoms with Crippen molar-refractivity contribution in [2.45, 2.75) is 41.5 Å². The minimum absolute atomic E-state index is 0.134. The SMILES string of the molecule is CC(=O)N(c1ccc(C)c(C)c1)c1nc(/C=C2\N=C(C(C)(C)C)OC2=O)cs1. The zero-order valence-electron chi connectivity index (χ0n) is 16.9. The summed E-state index contributed by atoms with van der Waals surface area (Å²) in [4.78, 5) is 34.7. The van der Waals surface area contributed by atoms with Crippen molar-refractivity contribution in [2.75, 3.05) is 4.90 Å². The zero-order valence-corrected chi connectivity index (χ0v) is 17.7. The van der Waals surface area contributed by atoms with Crippen molar-refractivity contribution in [3.05, 3.63) is 46.1 Å². The van der Waals surface area contributed by atoms with E-state index in [4.69, 9.17) is 4.74 Å². The minimum atomic E-state index is -0.489. The first kappa shape index (κ1) is 19.9. The quantitative estimate of drug-likeness (QED) is 0.552. The summed E-state index contributed by atoms with van der Waals surface area (Å²) in [6.45, 7) is 11.3. The predicted octanol–water partition coefficient (Wildman–Crippen LogP) is 4.79. The smallest absolute Gasteiger partial charge is 0.363 e. The predicted molar refractivity (Wildman–Crippen MR) is 112 cm³/mol. The first-order chi connectivity index (χ1) is 13.1. The first-order valence-corrected chi connectivity index (χ1v) is 9.81. The average Bonchev–Trinajstić information content (AvgIpc) is 3.18. The minimum Gasteiger partial charge on any atom is -0.406 e. The maximum absolute atomic E-state index is 12.3. The molecule has 0 radical (unpaired) electrons. The summed E-state index contributed by atoms with van der Waals surface area (Å²) in [5, 5.41) is 2.32. The molecule has 0 aliphatic carbocycles. The van der Waals surface area contributed by atoms with Gasteiger partial charge in [-0.25, -0.2) is 14.8 Å². The molecule has 0 N–H and O–H groups in total. The number of hydrogen-bond donors (Lipinski definition) is 0. The van der Waals surface area contributed by atoms with Crippen LogP contribution in [-0.4, -0.2) is 22.8 Å². The van der Waals surface area contributed by atoms with Gasteiger partial charge in [-0.1, -0.05) is 26.8 Å². The molecule has 28 heavy (non-hydrogen) atoms. The lowest BCUT2D eigenvalue weighted by Gasteiger charge is -2.19. The normalized spacial score (nSPS) is 15.6. The van der Waals surface area contributed by atoms with Crippen molar-refractivity contribution < 1.29 is 14.3 Å². The number of ether oxygens (including phenoxy) is 1. The van der Waals surface area contributed by atoms with Crippen molar-refractivity contribution >= 4 is 46.0 Å². The Morgan fingerprint density at radius 1 is 1.21 bits per heavy atom. The lowest BCUT2D eigenvalue weighted by Crippen LogP contribution is -2.22. The van der Waals surface area contributed by atoms with Crippen LogP contribution in [0, 0.1) is 19.3 Å². The van der Waals surface area contributed by atoms with Crippen molar-refractivity contribution in [1.29, 1.82) is 0 Å². The number of hydrogen-bond acceptors (Lipinski definition) is 6. The molecule has 0 atom stereocenters. The summed E-state index contributed by atoms with van der Waals surface area (Å²) >= 11 is 1.33. The number of thiazole rings is 1. The van der Waals surface area contributed by atoms with Gasteiger partial charge in [0.1, 0.15) is 0 Å². The molecule has 1 aromatic heterocycles. The number of anilines is 2. The molecular weight excluding hydrogens is 374 g/mol. The van der Waals surface area contributed by atoms with Crippen LogP contribution >= 0.6 is 11.3 Å². The van der Waals surface area contributed by atoms with Crippen molar-refractivity contribution in [2.24, 2.45) is 10.4 Å². The molecular formula is C21H23N3O3S. The maximum atomic E-state index is 12.3. The van der Waals surface area contributed by atoms with Gasteiger partial charge in [-0.15, -0.1) is 11.3 Å². The largest absolute Gasteiger partial charge is 0.406 e. The molecule has 0 saturated carbocycles. The fourth-order valence-electron chi connectivity index (χ4n) is 2.61. The number of carbonyl (C=O) groups excluding carboxylic acids is 2. The lowest BCUT2D eigenvalue weighted by atomic mass is 9.97. The summed E-state index contributed by atoms with van der Waals surface area (Å²) < 4.78 is 5.25. The number of aromatic nitrogens is 1. The van der Waals surface area contributed by atoms with E-state index in [1.807, 2.05) is 52.8 Å². The van der Waals surface area contributed by atoms with Gasteiger partial charge >= 0.3 is 5.97 Å². The molecule has 2 aromatic rings. The van der Waals surface area contributed by atoms with Crippen molar-refractivity contribution in [1.82, 2.24) is 4.98 Å². The third kappa shape index (κ3) is 4.04. The Morgan fingerprint density at radius 2 is 1.93 bits per heavy atom. The molecule has 0 bridgehead atoms. The first-order valence-electron chi connectivity index (χ1n) is 8.93. The van der Waals surface area contributed by atoms with E-state index >= 15 is 0 Å². The van der Waals surface area contributed by atoms with Gasteiger partial charge in [-0.2, -0.15) is 0 Å². The molecule has 0 unspecified atom stereocenters. The number of esters is 1. The molecule has 1 aromatic carbocycles. The van der Waals surface area contributed by atoms with Crippen molar-refractivity contribution in [3.63, 3.8) is 0 Å². The highest BCUT2D eigenvalue weighted by molar-refractivity contribution is 7.14. The number of amides is 1. The van der Waals surface area contributed by atoms with Crippen LogP contribution in [0.25, 0.3) is 6.08 Å². The third-order valence-corrected chi connectivity index (χ3v) is 5.16. The number of benzene rings is 1. The van der Waals surface area contributed by atoms with Crippen LogP contribution in [0.2, 0.25) is 0 Å². The van der Waals surface area contributed by atoms with Crippen LogP contribution in [0.4, 0.5) is 10.8 Å². The summed E-state index contributed by atoms with van der Waals surface area (Å²) in [7, 11) is 0. The molecule has 0 fully saturated rings. The Bertz CT molecular complexity index is 1010. The molecule has 7 heteroatoms. The van der Waals surface area contributed by atoms with E-state index in [0.29, 0.717) is 16.7 Å². The Hall–Kier alpha value is -2.80. The fourth-order valence-corrected chi connectivity index (χ4v) is 3.45. The molecule has 1 amide bonds. The molecule has 3 rings (SSSR count). The lowest BCUT2D eigenvalue weighted by molar-refractivity contribution is -0.130. The third-order valence-electron chi connectivity index (χ3n) is 4.31. The molecule has 2 heterocycles. The van der Waals surface area contributed by atoms with Crippen LogP contribution in [-0.2, 0) is 14.3 Å². The van der Waals surface area contributed by atoms with Gasteiger partial charge in [-0.05, 0) is 43.2 Å². The van der Waals surface area contributed by atoms with Crippen LogP contribution < -0.4 is 4.90 Å². The number of cyclic esters (lactones) is 1. The van der Waals surface area contributed by atoms with Gasteiger partial charge in [0.25, 0.3) is 0 Å². The fraction of sp³-hybridized carbons (Fsp3) is 0.333. The highest BCUT2D eigenvalue weighted by atomic mass is 32.1. The molecule has 1 aliphatic heterocycles. The Kier molecular flexibility index (Phi) is 5.21. The molecule has 6 nitrogen and oxygen atoms in total. The second-order valence-electron chi connectivity index (χ2n) is 7.76. The van der Waals surface area contributed by atoms with E-state index < -0.39 is 5.97 Å². The summed E-state index contributed by atoms with van der Waals surface area (Å²) in [6.07, 6.45) is 1.58. The number of aliphatic imine (C=N–C) groups is 1. The molecule has 0 saturated heterocycles. The topological polar surface area (TPSA) is 71.9 Å². The second kappa shape index (κ2) is 7.31. The van der Waals surface area contributed by atoms with Crippen LogP contribution in [0.3, 0.4) is 0 Å². The summed E-state index contributed by atoms with van der Waals surface area (Å²) in [5.41, 5.74) is 3.43. The van der Waals surface area contributed by atoms with E-state index in [-0.39, 0.29) is 17.0 Å². The Labute approximate surface area is 168 Å². The van der Waals surface area contributed by atoms with E-state index in [1.165, 1.54) is 18.3 Å². The van der Waals surface area contributed by atoms with Crippen LogP contribution in [0.15, 0.2) is 34.3 Å².